The first kappa shape index (κ1) is 16.0. The van der Waals surface area contributed by atoms with Crippen LogP contribution in [0.1, 0.15) is 33.2 Å². The van der Waals surface area contributed by atoms with Gasteiger partial charge in [0.05, 0.1) is 10.5 Å². The Labute approximate surface area is 148 Å². The highest BCUT2D eigenvalue weighted by Gasteiger charge is 2.43. The van der Waals surface area contributed by atoms with Gasteiger partial charge in [0, 0.05) is 29.2 Å². The first-order valence-corrected chi connectivity index (χ1v) is 8.19. The van der Waals surface area contributed by atoms with Crippen LogP contribution in [0.25, 0.3) is 10.9 Å². The van der Waals surface area contributed by atoms with Gasteiger partial charge in [0.1, 0.15) is 5.56 Å². The van der Waals surface area contributed by atoms with Gasteiger partial charge < -0.3 is 4.98 Å². The van der Waals surface area contributed by atoms with Crippen LogP contribution in [-0.2, 0) is 6.42 Å². The highest BCUT2D eigenvalue weighted by molar-refractivity contribution is 6.23. The Balaban J connectivity index is 1.68. The molecule has 1 aromatic heterocycles. The smallest absolute Gasteiger partial charge is 0.282 e. The fourth-order valence-electron chi connectivity index (χ4n) is 3.55. The predicted molar refractivity (Wildman–Crippen MR) is 95.1 cm³/mol. The molecule has 0 unspecified atom stereocenters. The van der Waals surface area contributed by atoms with Crippen molar-refractivity contribution in [1.29, 1.82) is 0 Å². The molecular formula is C19H15N3O4. The van der Waals surface area contributed by atoms with E-state index in [0.717, 1.165) is 21.4 Å². The van der Waals surface area contributed by atoms with E-state index in [1.165, 1.54) is 18.2 Å². The number of hydrogen-bond donors (Lipinski definition) is 1. The minimum Gasteiger partial charge on any atom is -0.361 e. The summed E-state index contributed by atoms with van der Waals surface area (Å²) in [7, 11) is 0. The summed E-state index contributed by atoms with van der Waals surface area (Å²) in [5, 5.41) is 12.2. The zero-order valence-electron chi connectivity index (χ0n) is 13.9. The van der Waals surface area contributed by atoms with Crippen molar-refractivity contribution in [3.8, 4) is 0 Å². The highest BCUT2D eigenvalue weighted by atomic mass is 16.6. The molecule has 3 aromatic rings. The molecule has 0 saturated carbocycles. The number of para-hydroxylation sites is 1. The summed E-state index contributed by atoms with van der Waals surface area (Å²) in [5.74, 6) is -1.09. The van der Waals surface area contributed by atoms with Crippen LogP contribution < -0.4 is 0 Å². The number of carbonyl (C=O) groups is 2. The lowest BCUT2D eigenvalue weighted by Gasteiger charge is -2.22. The first-order chi connectivity index (χ1) is 12.5. The topological polar surface area (TPSA) is 96.3 Å². The van der Waals surface area contributed by atoms with E-state index >= 15 is 0 Å². The summed E-state index contributed by atoms with van der Waals surface area (Å²) < 4.78 is 0. The van der Waals surface area contributed by atoms with Gasteiger partial charge in [-0.05, 0) is 31.0 Å². The van der Waals surface area contributed by atoms with Crippen LogP contribution in [0.2, 0.25) is 0 Å². The zero-order valence-corrected chi connectivity index (χ0v) is 13.9. The Bertz CT molecular complexity index is 1070. The van der Waals surface area contributed by atoms with Crippen LogP contribution in [0, 0.1) is 10.1 Å². The van der Waals surface area contributed by atoms with Crippen molar-refractivity contribution in [3.05, 3.63) is 75.5 Å². The third-order valence-corrected chi connectivity index (χ3v) is 4.75. The van der Waals surface area contributed by atoms with Gasteiger partial charge in [-0.3, -0.25) is 24.6 Å². The van der Waals surface area contributed by atoms with Gasteiger partial charge >= 0.3 is 0 Å². The number of carbonyl (C=O) groups excluding carboxylic acids is 2. The summed E-state index contributed by atoms with van der Waals surface area (Å²) in [5.41, 5.74) is 1.61. The fourth-order valence-corrected chi connectivity index (χ4v) is 3.55. The Morgan fingerprint density at radius 1 is 1.12 bits per heavy atom. The molecule has 0 radical (unpaired) electrons. The van der Waals surface area contributed by atoms with Gasteiger partial charge in [-0.2, -0.15) is 0 Å². The third kappa shape index (κ3) is 2.28. The number of H-pyrrole nitrogens is 1. The van der Waals surface area contributed by atoms with Crippen LogP contribution in [0.5, 0.6) is 0 Å². The fraction of sp³-hybridized carbons (Fsp3) is 0.158. The first-order valence-electron chi connectivity index (χ1n) is 8.19. The highest BCUT2D eigenvalue weighted by Crippen LogP contribution is 2.32. The van der Waals surface area contributed by atoms with Gasteiger partial charge in [0.15, 0.2) is 0 Å². The molecule has 1 aliphatic rings. The van der Waals surface area contributed by atoms with Crippen molar-refractivity contribution in [3.63, 3.8) is 0 Å². The van der Waals surface area contributed by atoms with Gasteiger partial charge in [-0.25, -0.2) is 0 Å². The molecule has 7 heteroatoms. The van der Waals surface area contributed by atoms with E-state index in [4.69, 9.17) is 0 Å². The number of aromatic amines is 1. The van der Waals surface area contributed by atoms with Crippen LogP contribution in [0.15, 0.2) is 48.7 Å². The second kappa shape index (κ2) is 5.80. The number of nitro groups is 1. The van der Waals surface area contributed by atoms with Crippen molar-refractivity contribution in [1.82, 2.24) is 9.88 Å². The maximum atomic E-state index is 12.8. The maximum absolute atomic E-state index is 12.8. The second-order valence-corrected chi connectivity index (χ2v) is 6.35. The molecular weight excluding hydrogens is 334 g/mol. The molecule has 0 spiro atoms. The molecule has 7 nitrogen and oxygen atoms in total. The number of nitrogens with one attached hydrogen (secondary N) is 1. The van der Waals surface area contributed by atoms with E-state index in [2.05, 4.69) is 4.98 Å². The van der Waals surface area contributed by atoms with Gasteiger partial charge in [-0.15, -0.1) is 0 Å². The molecule has 1 N–H and O–H groups in total. The normalized spacial score (nSPS) is 14.7. The number of amides is 2. The maximum Gasteiger partial charge on any atom is 0.282 e. The van der Waals surface area contributed by atoms with Gasteiger partial charge in [-0.1, -0.05) is 24.3 Å². The van der Waals surface area contributed by atoms with Crippen molar-refractivity contribution in [2.75, 3.05) is 0 Å². The van der Waals surface area contributed by atoms with E-state index in [1.54, 1.807) is 6.92 Å². The summed E-state index contributed by atoms with van der Waals surface area (Å²) in [4.78, 5) is 40.3. The SMILES string of the molecule is C[C@H](Cc1c[nH]c2ccccc12)N1C(=O)c2cccc([N+](=O)[O-])c2C1=O. The molecule has 1 atom stereocenters. The van der Waals surface area contributed by atoms with Crippen LogP contribution in [-0.4, -0.2) is 32.7 Å². The molecule has 1 aliphatic heterocycles. The van der Waals surface area contributed by atoms with E-state index < -0.39 is 22.8 Å². The standard InChI is InChI=1S/C19H15N3O4/c1-11(9-12-10-20-15-7-3-2-5-13(12)15)21-18(23)14-6-4-8-16(22(25)26)17(14)19(21)24/h2-8,10-11,20H,9H2,1H3/t11-/m1/s1. The average Bonchev–Trinajstić information content (AvgIpc) is 3.14. The largest absolute Gasteiger partial charge is 0.361 e. The van der Waals surface area contributed by atoms with Crippen molar-refractivity contribution in [2.45, 2.75) is 19.4 Å². The van der Waals surface area contributed by atoms with Crippen LogP contribution >= 0.6 is 0 Å². The second-order valence-electron chi connectivity index (χ2n) is 6.35. The zero-order chi connectivity index (χ0) is 18.4. The summed E-state index contributed by atoms with van der Waals surface area (Å²) in [6.07, 6.45) is 2.32. The molecule has 130 valence electrons. The third-order valence-electron chi connectivity index (χ3n) is 4.75. The Kier molecular flexibility index (Phi) is 3.57. The number of imide groups is 1. The van der Waals surface area contributed by atoms with Gasteiger partial charge in [0.2, 0.25) is 0 Å². The number of hydrogen-bond acceptors (Lipinski definition) is 4. The number of aromatic nitrogens is 1. The average molecular weight is 349 g/mol. The number of fused-ring (bicyclic) bond motifs is 2. The Morgan fingerprint density at radius 2 is 1.88 bits per heavy atom. The molecule has 0 saturated heterocycles. The van der Waals surface area contributed by atoms with E-state index in [0.29, 0.717) is 6.42 Å². The minimum atomic E-state index is -0.627. The molecule has 2 aromatic carbocycles. The van der Waals surface area contributed by atoms with E-state index in [9.17, 15) is 19.7 Å². The van der Waals surface area contributed by atoms with Crippen molar-refractivity contribution in [2.24, 2.45) is 0 Å². The monoisotopic (exact) mass is 349 g/mol. The predicted octanol–water partition coefficient (Wildman–Crippen LogP) is 3.30. The number of rotatable bonds is 4. The lowest BCUT2D eigenvalue weighted by Crippen LogP contribution is -2.39. The van der Waals surface area contributed by atoms with E-state index in [1.807, 2.05) is 30.5 Å². The summed E-state index contributed by atoms with van der Waals surface area (Å²) >= 11 is 0. The number of benzene rings is 2. The number of nitro benzene ring substituents is 1. The molecule has 4 rings (SSSR count). The van der Waals surface area contributed by atoms with Crippen molar-refractivity contribution >= 4 is 28.4 Å². The molecule has 2 heterocycles. The number of nitrogens with zero attached hydrogens (tertiary/aromatic N) is 2. The summed E-state index contributed by atoms with van der Waals surface area (Å²) in [6.45, 7) is 1.77. The molecule has 26 heavy (non-hydrogen) atoms. The van der Waals surface area contributed by atoms with Gasteiger partial charge in [0.25, 0.3) is 17.5 Å². The van der Waals surface area contributed by atoms with Crippen LogP contribution in [0.4, 0.5) is 5.69 Å². The lowest BCUT2D eigenvalue weighted by molar-refractivity contribution is -0.385. The Hall–Kier alpha value is -3.48. The molecule has 0 aliphatic carbocycles. The lowest BCUT2D eigenvalue weighted by atomic mass is 10.1. The molecule has 2 amide bonds. The Morgan fingerprint density at radius 3 is 2.65 bits per heavy atom. The quantitative estimate of drug-likeness (QED) is 0.444. The summed E-state index contributed by atoms with van der Waals surface area (Å²) in [6, 6.07) is 11.5. The molecule has 0 bridgehead atoms. The van der Waals surface area contributed by atoms with Crippen molar-refractivity contribution < 1.29 is 14.5 Å². The van der Waals surface area contributed by atoms with Crippen LogP contribution in [0.3, 0.4) is 0 Å². The van der Waals surface area contributed by atoms with E-state index in [-0.39, 0.29) is 16.8 Å². The minimum absolute atomic E-state index is 0.0926. The molecule has 0 fully saturated rings.